The van der Waals surface area contributed by atoms with Crippen LogP contribution >= 0.6 is 24.8 Å². The Labute approximate surface area is 63.6 Å². The molecular formula is C5H5NOS2. The van der Waals surface area contributed by atoms with E-state index < -0.39 is 0 Å². The summed E-state index contributed by atoms with van der Waals surface area (Å²) in [6, 6.07) is 3.59. The Morgan fingerprint density at radius 3 is 3.00 bits per heavy atom. The molecule has 0 bridgehead atoms. The van der Waals surface area contributed by atoms with Crippen molar-refractivity contribution in [1.82, 2.24) is 4.98 Å². The molecule has 4 heteroatoms. The van der Waals surface area contributed by atoms with E-state index in [1.54, 1.807) is 12.3 Å². The standard InChI is InChI=1S/C5H5NOS2/c8-5(9)7-4-2-1-3-6-4/h1-3,6H,(H,8,9). The molecule has 1 heterocycles. The number of hydrogen-bond acceptors (Lipinski definition) is 2. The van der Waals surface area contributed by atoms with Crippen LogP contribution in [0.3, 0.4) is 0 Å². The third-order valence-corrected chi connectivity index (χ3v) is 0.941. The molecule has 0 fully saturated rings. The number of aromatic nitrogens is 1. The van der Waals surface area contributed by atoms with Gasteiger partial charge in [0.1, 0.15) is 0 Å². The zero-order valence-corrected chi connectivity index (χ0v) is 6.21. The summed E-state index contributed by atoms with van der Waals surface area (Å²) < 4.78 is 5.11. The van der Waals surface area contributed by atoms with Crippen molar-refractivity contribution < 1.29 is 4.74 Å². The SMILES string of the molecule is S=C(S)Oc1ccc[nH]1. The van der Waals surface area contributed by atoms with Gasteiger partial charge in [0.2, 0.25) is 4.38 Å². The van der Waals surface area contributed by atoms with Gasteiger partial charge in [-0.15, -0.1) is 0 Å². The van der Waals surface area contributed by atoms with E-state index in [4.69, 9.17) is 4.74 Å². The average molecular weight is 159 g/mol. The Morgan fingerprint density at radius 1 is 1.78 bits per heavy atom. The van der Waals surface area contributed by atoms with Crippen LogP contribution < -0.4 is 4.74 Å². The summed E-state index contributed by atoms with van der Waals surface area (Å²) in [6.07, 6.45) is 1.75. The fraction of sp³-hybridized carbons (Fsp3) is 0. The molecule has 0 aliphatic carbocycles. The van der Waals surface area contributed by atoms with Crippen LogP contribution in [0.1, 0.15) is 0 Å². The Bertz CT molecular complexity index is 195. The molecule has 1 aromatic heterocycles. The Morgan fingerprint density at radius 2 is 2.56 bits per heavy atom. The fourth-order valence-corrected chi connectivity index (χ4v) is 0.660. The average Bonchev–Trinajstić information content (AvgIpc) is 2.15. The molecule has 0 unspecified atom stereocenters. The van der Waals surface area contributed by atoms with Crippen LogP contribution in [0.25, 0.3) is 0 Å². The fourth-order valence-electron chi connectivity index (χ4n) is 0.471. The molecule has 0 radical (unpaired) electrons. The van der Waals surface area contributed by atoms with E-state index in [1.807, 2.05) is 6.07 Å². The molecule has 0 saturated heterocycles. The van der Waals surface area contributed by atoms with Crippen LogP contribution in [0.4, 0.5) is 0 Å². The second kappa shape index (κ2) is 2.89. The summed E-state index contributed by atoms with van der Waals surface area (Å²) in [4.78, 5) is 2.81. The minimum Gasteiger partial charge on any atom is -0.424 e. The van der Waals surface area contributed by atoms with Gasteiger partial charge in [0.05, 0.1) is 0 Å². The maximum Gasteiger partial charge on any atom is 0.224 e. The van der Waals surface area contributed by atoms with Crippen LogP contribution in [0.2, 0.25) is 0 Å². The second-order valence-corrected chi connectivity index (χ2v) is 2.48. The highest BCUT2D eigenvalue weighted by molar-refractivity contribution is 8.10. The molecule has 0 aliphatic heterocycles. The van der Waals surface area contributed by atoms with Gasteiger partial charge in [-0.25, -0.2) is 0 Å². The Hall–Kier alpha value is -0.480. The Balaban J connectivity index is 2.58. The Kier molecular flexibility index (Phi) is 2.13. The topological polar surface area (TPSA) is 25.0 Å². The summed E-state index contributed by atoms with van der Waals surface area (Å²) in [6.45, 7) is 0. The lowest BCUT2D eigenvalue weighted by atomic mass is 10.7. The number of hydrogen-bond donors (Lipinski definition) is 2. The minimum atomic E-state index is 0.220. The number of H-pyrrole nitrogens is 1. The van der Waals surface area contributed by atoms with Crippen molar-refractivity contribution in [2.45, 2.75) is 0 Å². The number of thiol groups is 1. The summed E-state index contributed by atoms with van der Waals surface area (Å²) in [5, 5.41) is 0. The molecule has 0 atom stereocenters. The molecule has 0 aliphatic rings. The first kappa shape index (κ1) is 6.64. The molecule has 48 valence electrons. The molecule has 1 aromatic rings. The molecule has 0 aromatic carbocycles. The first-order chi connectivity index (χ1) is 4.29. The summed E-state index contributed by atoms with van der Waals surface area (Å²) >= 11 is 8.34. The minimum absolute atomic E-state index is 0.220. The van der Waals surface area contributed by atoms with Gasteiger partial charge in [-0.2, -0.15) is 0 Å². The van der Waals surface area contributed by atoms with E-state index in [0.29, 0.717) is 5.88 Å². The number of ether oxygens (including phenoxy) is 1. The van der Waals surface area contributed by atoms with Gasteiger partial charge in [0.25, 0.3) is 0 Å². The van der Waals surface area contributed by atoms with Crippen molar-refractivity contribution in [2.24, 2.45) is 0 Å². The van der Waals surface area contributed by atoms with Crippen molar-refractivity contribution in [3.8, 4) is 5.88 Å². The lowest BCUT2D eigenvalue weighted by Gasteiger charge is -1.94. The van der Waals surface area contributed by atoms with Crippen molar-refractivity contribution in [3.05, 3.63) is 18.3 Å². The third-order valence-electron chi connectivity index (χ3n) is 0.767. The van der Waals surface area contributed by atoms with Crippen LogP contribution in [0.5, 0.6) is 5.88 Å². The summed E-state index contributed by atoms with van der Waals surface area (Å²) in [7, 11) is 0. The van der Waals surface area contributed by atoms with Gasteiger partial charge in [0, 0.05) is 12.3 Å². The molecule has 2 nitrogen and oxygen atoms in total. The van der Waals surface area contributed by atoms with Gasteiger partial charge in [-0.05, 0) is 18.3 Å². The monoisotopic (exact) mass is 159 g/mol. The molecule has 0 spiro atoms. The first-order valence-corrected chi connectivity index (χ1v) is 3.19. The smallest absolute Gasteiger partial charge is 0.224 e. The van der Waals surface area contributed by atoms with Crippen LogP contribution in [-0.2, 0) is 0 Å². The highest BCUT2D eigenvalue weighted by Crippen LogP contribution is 2.05. The largest absolute Gasteiger partial charge is 0.424 e. The van der Waals surface area contributed by atoms with Gasteiger partial charge in [-0.3, -0.25) is 0 Å². The van der Waals surface area contributed by atoms with E-state index in [9.17, 15) is 0 Å². The highest BCUT2D eigenvalue weighted by atomic mass is 32.1. The first-order valence-electron chi connectivity index (χ1n) is 2.33. The molecular weight excluding hydrogens is 154 g/mol. The highest BCUT2D eigenvalue weighted by Gasteiger charge is 1.91. The van der Waals surface area contributed by atoms with Gasteiger partial charge in [0.15, 0.2) is 5.88 Å². The van der Waals surface area contributed by atoms with E-state index >= 15 is 0 Å². The number of thiocarbonyl (C=S) groups is 1. The second-order valence-electron chi connectivity index (χ2n) is 1.40. The van der Waals surface area contributed by atoms with Crippen molar-refractivity contribution in [2.75, 3.05) is 0 Å². The van der Waals surface area contributed by atoms with Crippen LogP contribution in [0, 0.1) is 0 Å². The summed E-state index contributed by atoms with van der Waals surface area (Å²) in [5.41, 5.74) is 0. The number of nitrogens with one attached hydrogen (secondary N) is 1. The van der Waals surface area contributed by atoms with Crippen molar-refractivity contribution in [3.63, 3.8) is 0 Å². The zero-order valence-electron chi connectivity index (χ0n) is 4.50. The van der Waals surface area contributed by atoms with E-state index in [0.717, 1.165) is 0 Å². The maximum atomic E-state index is 4.89. The maximum absolute atomic E-state index is 4.89. The number of aromatic amines is 1. The van der Waals surface area contributed by atoms with E-state index in [1.165, 1.54) is 0 Å². The zero-order chi connectivity index (χ0) is 6.69. The molecule has 1 rings (SSSR count). The van der Waals surface area contributed by atoms with E-state index in [2.05, 4.69) is 29.8 Å². The van der Waals surface area contributed by atoms with Gasteiger partial charge >= 0.3 is 0 Å². The van der Waals surface area contributed by atoms with Crippen molar-refractivity contribution in [1.29, 1.82) is 0 Å². The summed E-state index contributed by atoms with van der Waals surface area (Å²) in [5.74, 6) is 0.620. The molecule has 0 saturated carbocycles. The van der Waals surface area contributed by atoms with Crippen LogP contribution in [-0.4, -0.2) is 9.37 Å². The lowest BCUT2D eigenvalue weighted by molar-refractivity contribution is 0.559. The molecule has 9 heavy (non-hydrogen) atoms. The van der Waals surface area contributed by atoms with Gasteiger partial charge in [-0.1, -0.05) is 12.6 Å². The van der Waals surface area contributed by atoms with E-state index in [-0.39, 0.29) is 4.38 Å². The normalized spacial score (nSPS) is 9.00. The van der Waals surface area contributed by atoms with Gasteiger partial charge < -0.3 is 9.72 Å². The van der Waals surface area contributed by atoms with Crippen LogP contribution in [0.15, 0.2) is 18.3 Å². The molecule has 1 N–H and O–H groups in total. The number of rotatable bonds is 1. The quantitative estimate of drug-likeness (QED) is 0.480. The van der Waals surface area contributed by atoms with Crippen molar-refractivity contribution >= 4 is 29.2 Å². The molecule has 0 amide bonds. The predicted octanol–water partition coefficient (Wildman–Crippen LogP) is 1.61. The lowest BCUT2D eigenvalue weighted by Crippen LogP contribution is -1.94. The third kappa shape index (κ3) is 2.07. The predicted molar refractivity (Wildman–Crippen MR) is 43.0 cm³/mol.